The van der Waals surface area contributed by atoms with Gasteiger partial charge in [0.2, 0.25) is 0 Å². The molecule has 10 aromatic rings. The average Bonchev–Trinajstić information content (AvgIpc) is 3.63. The number of aromatic nitrogens is 4. The first-order chi connectivity index (χ1) is 28.2. The van der Waals surface area contributed by atoms with Crippen molar-refractivity contribution in [1.29, 1.82) is 0 Å². The Morgan fingerprint density at radius 1 is 0.351 bits per heavy atom. The summed E-state index contributed by atoms with van der Waals surface area (Å²) >= 11 is 0. The highest BCUT2D eigenvalue weighted by atomic mass is 15.0. The first-order valence-electron chi connectivity index (χ1n) is 18.9. The number of benzene rings is 8. The van der Waals surface area contributed by atoms with E-state index in [2.05, 4.69) is 119 Å². The van der Waals surface area contributed by atoms with E-state index in [1.165, 1.54) is 11.1 Å². The van der Waals surface area contributed by atoms with E-state index >= 15 is 0 Å². The van der Waals surface area contributed by atoms with Crippen LogP contribution in [0.5, 0.6) is 0 Å². The van der Waals surface area contributed by atoms with Gasteiger partial charge in [0, 0.05) is 33.2 Å². The van der Waals surface area contributed by atoms with Crippen molar-refractivity contribution in [2.24, 2.45) is 0 Å². The highest BCUT2D eigenvalue weighted by Gasteiger charge is 2.19. The third-order valence-corrected chi connectivity index (χ3v) is 10.5. The van der Waals surface area contributed by atoms with E-state index in [1.807, 2.05) is 91.0 Å². The van der Waals surface area contributed by atoms with Crippen molar-refractivity contribution in [2.45, 2.75) is 0 Å². The van der Waals surface area contributed by atoms with E-state index in [0.717, 1.165) is 66.4 Å². The SMILES string of the molecule is [C-]#[N+]c1ccccc1-c1cc(-c2nc(-c3ccccc3)nc(-c3ccccc3)n2)cc(-n2c3ccccc3c3ccc(-c4ccc(-c5ccccc5)cc4)cc32)c1. The summed E-state index contributed by atoms with van der Waals surface area (Å²) in [5.41, 5.74) is 12.7. The van der Waals surface area contributed by atoms with E-state index in [-0.39, 0.29) is 0 Å². The zero-order valence-corrected chi connectivity index (χ0v) is 30.8. The number of nitrogens with zero attached hydrogens (tertiary/aromatic N) is 5. The maximum absolute atomic E-state index is 8.06. The van der Waals surface area contributed by atoms with Crippen LogP contribution in [0.25, 0.3) is 99.9 Å². The van der Waals surface area contributed by atoms with Crippen molar-refractivity contribution in [2.75, 3.05) is 0 Å². The molecule has 0 fully saturated rings. The second-order valence-electron chi connectivity index (χ2n) is 14.0. The predicted molar refractivity (Wildman–Crippen MR) is 233 cm³/mol. The van der Waals surface area contributed by atoms with Crippen LogP contribution in [-0.4, -0.2) is 19.5 Å². The smallest absolute Gasteiger partial charge is 0.194 e. The Hall–Kier alpha value is -7.94. The average molecular weight is 728 g/mol. The van der Waals surface area contributed by atoms with Crippen molar-refractivity contribution in [3.05, 3.63) is 212 Å². The molecule has 0 radical (unpaired) electrons. The van der Waals surface area contributed by atoms with Gasteiger partial charge >= 0.3 is 0 Å². The lowest BCUT2D eigenvalue weighted by molar-refractivity contribution is 1.07. The zero-order valence-electron chi connectivity index (χ0n) is 30.8. The molecule has 0 N–H and O–H groups in total. The van der Waals surface area contributed by atoms with Crippen LogP contribution in [0.1, 0.15) is 0 Å². The Kier molecular flexibility index (Phi) is 8.48. The molecular formula is C52H33N5. The largest absolute Gasteiger partial charge is 0.309 e. The van der Waals surface area contributed by atoms with Gasteiger partial charge in [0.25, 0.3) is 0 Å². The van der Waals surface area contributed by atoms with Crippen molar-refractivity contribution in [1.82, 2.24) is 19.5 Å². The standard InChI is InChI=1S/C52H33N5/c1-53-47-23-13-11-21-44(47)41-31-42(52-55-50(38-17-7-3-8-18-38)54-51(56-52)39-19-9-4-10-20-39)33-43(32-41)57-48-24-14-12-22-45(48)46-30-29-40(34-49(46)57)37-27-25-36(26-28-37)35-15-5-2-6-16-35/h2-34H. The molecule has 5 heteroatoms. The molecule has 0 spiro atoms. The minimum Gasteiger partial charge on any atom is -0.309 e. The third-order valence-electron chi connectivity index (χ3n) is 10.5. The quantitative estimate of drug-likeness (QED) is 0.154. The molecule has 0 bridgehead atoms. The molecule has 266 valence electrons. The Bertz CT molecular complexity index is 3050. The molecule has 10 rings (SSSR count). The fourth-order valence-electron chi connectivity index (χ4n) is 7.69. The molecule has 2 heterocycles. The summed E-state index contributed by atoms with van der Waals surface area (Å²) < 4.78 is 2.33. The van der Waals surface area contributed by atoms with E-state index in [0.29, 0.717) is 23.2 Å². The monoisotopic (exact) mass is 727 g/mol. The van der Waals surface area contributed by atoms with Crippen LogP contribution in [-0.2, 0) is 0 Å². The van der Waals surface area contributed by atoms with Crippen LogP contribution in [0, 0.1) is 6.57 Å². The van der Waals surface area contributed by atoms with Crippen molar-refractivity contribution < 1.29 is 0 Å². The van der Waals surface area contributed by atoms with Crippen LogP contribution in [0.3, 0.4) is 0 Å². The molecule has 5 nitrogen and oxygen atoms in total. The highest BCUT2D eigenvalue weighted by molar-refractivity contribution is 6.10. The fraction of sp³-hybridized carbons (Fsp3) is 0. The topological polar surface area (TPSA) is 48.0 Å². The first-order valence-corrected chi connectivity index (χ1v) is 18.9. The van der Waals surface area contributed by atoms with E-state index in [4.69, 9.17) is 21.5 Å². The van der Waals surface area contributed by atoms with Crippen molar-refractivity contribution in [3.8, 4) is 73.2 Å². The van der Waals surface area contributed by atoms with Crippen molar-refractivity contribution >= 4 is 27.5 Å². The molecular weight excluding hydrogens is 695 g/mol. The number of fused-ring (bicyclic) bond motifs is 3. The normalized spacial score (nSPS) is 11.1. The molecule has 8 aromatic carbocycles. The summed E-state index contributed by atoms with van der Waals surface area (Å²) in [6, 6.07) is 68.8. The van der Waals surface area contributed by atoms with Crippen molar-refractivity contribution in [3.63, 3.8) is 0 Å². The molecule has 0 saturated carbocycles. The van der Waals surface area contributed by atoms with Crippen LogP contribution < -0.4 is 0 Å². The summed E-state index contributed by atoms with van der Waals surface area (Å²) in [7, 11) is 0. The van der Waals surface area contributed by atoms with Gasteiger partial charge in [-0.1, -0.05) is 170 Å². The molecule has 0 amide bonds. The molecule has 0 unspecified atom stereocenters. The summed E-state index contributed by atoms with van der Waals surface area (Å²) in [6.07, 6.45) is 0. The lowest BCUT2D eigenvalue weighted by Gasteiger charge is -2.15. The molecule has 0 saturated heterocycles. The zero-order chi connectivity index (χ0) is 38.1. The van der Waals surface area contributed by atoms with E-state index < -0.39 is 0 Å². The van der Waals surface area contributed by atoms with Gasteiger partial charge in [-0.05, 0) is 63.7 Å². The van der Waals surface area contributed by atoms with Gasteiger partial charge in [-0.25, -0.2) is 19.8 Å². The lowest BCUT2D eigenvalue weighted by Crippen LogP contribution is -2.02. The van der Waals surface area contributed by atoms with Gasteiger partial charge in [-0.3, -0.25) is 0 Å². The van der Waals surface area contributed by atoms with Gasteiger partial charge in [-0.2, -0.15) is 0 Å². The summed E-state index contributed by atoms with van der Waals surface area (Å²) in [4.78, 5) is 19.1. The van der Waals surface area contributed by atoms with Crippen LogP contribution in [0.15, 0.2) is 200 Å². The maximum Gasteiger partial charge on any atom is 0.194 e. The van der Waals surface area contributed by atoms with Crippen LogP contribution in [0.2, 0.25) is 0 Å². The number of hydrogen-bond acceptors (Lipinski definition) is 3. The highest BCUT2D eigenvalue weighted by Crippen LogP contribution is 2.40. The minimum absolute atomic E-state index is 0.547. The third kappa shape index (κ3) is 6.32. The summed E-state index contributed by atoms with van der Waals surface area (Å²) in [6.45, 7) is 8.06. The molecule has 0 aliphatic carbocycles. The molecule has 0 aliphatic heterocycles. The molecule has 57 heavy (non-hydrogen) atoms. The number of para-hydroxylation sites is 2. The summed E-state index contributed by atoms with van der Waals surface area (Å²) in [5.74, 6) is 1.73. The van der Waals surface area contributed by atoms with Gasteiger partial charge in [0.15, 0.2) is 23.2 Å². The minimum atomic E-state index is 0.547. The van der Waals surface area contributed by atoms with Crippen LogP contribution in [0.4, 0.5) is 5.69 Å². The first kappa shape index (κ1) is 33.6. The number of rotatable bonds is 7. The Balaban J connectivity index is 1.21. The Morgan fingerprint density at radius 3 is 1.47 bits per heavy atom. The predicted octanol–water partition coefficient (Wildman–Crippen LogP) is 13.5. The van der Waals surface area contributed by atoms with Gasteiger partial charge in [-0.15, -0.1) is 0 Å². The summed E-state index contributed by atoms with van der Waals surface area (Å²) in [5, 5.41) is 2.31. The van der Waals surface area contributed by atoms with E-state index in [1.54, 1.807) is 0 Å². The van der Waals surface area contributed by atoms with E-state index in [9.17, 15) is 0 Å². The van der Waals surface area contributed by atoms with Crippen LogP contribution >= 0.6 is 0 Å². The number of hydrogen-bond donors (Lipinski definition) is 0. The molecule has 2 aromatic heterocycles. The van der Waals surface area contributed by atoms with Gasteiger partial charge < -0.3 is 4.57 Å². The second kappa shape index (κ2) is 14.4. The lowest BCUT2D eigenvalue weighted by atomic mass is 9.99. The molecule has 0 aliphatic rings. The Morgan fingerprint density at radius 2 is 0.825 bits per heavy atom. The molecule has 0 atom stereocenters. The Labute approximate surface area is 330 Å². The van der Waals surface area contributed by atoms with Gasteiger partial charge in [0.1, 0.15) is 0 Å². The maximum atomic E-state index is 8.06. The van der Waals surface area contributed by atoms with Gasteiger partial charge in [0.05, 0.1) is 17.6 Å². The fourth-order valence-corrected chi connectivity index (χ4v) is 7.69. The second-order valence-corrected chi connectivity index (χ2v) is 14.0.